The van der Waals surface area contributed by atoms with Gasteiger partial charge >= 0.3 is 12.1 Å². The summed E-state index contributed by atoms with van der Waals surface area (Å²) in [6.45, 7) is 0. The van der Waals surface area contributed by atoms with E-state index in [-0.39, 0.29) is 5.75 Å². The van der Waals surface area contributed by atoms with Gasteiger partial charge in [0.2, 0.25) is 6.10 Å². The quantitative estimate of drug-likeness (QED) is 0.840. The van der Waals surface area contributed by atoms with Crippen LogP contribution in [0, 0.1) is 3.57 Å². The molecule has 0 aliphatic carbocycles. The van der Waals surface area contributed by atoms with Gasteiger partial charge < -0.3 is 9.84 Å². The van der Waals surface area contributed by atoms with Gasteiger partial charge in [0.25, 0.3) is 0 Å². The molecule has 17 heavy (non-hydrogen) atoms. The Morgan fingerprint density at radius 2 is 2.12 bits per heavy atom. The second kappa shape index (κ2) is 5.56. The molecule has 1 rings (SSSR count). The van der Waals surface area contributed by atoms with Crippen LogP contribution in [0.5, 0.6) is 5.75 Å². The highest BCUT2D eigenvalue weighted by atomic mass is 127. The number of hydrogen-bond donors (Lipinski definition) is 1. The molecule has 0 saturated heterocycles. The molecule has 1 unspecified atom stereocenters. The monoisotopic (exact) mass is 360 g/mol. The van der Waals surface area contributed by atoms with Crippen LogP contribution in [0.2, 0.25) is 0 Å². The fourth-order valence-electron chi connectivity index (χ4n) is 1.09. The van der Waals surface area contributed by atoms with E-state index in [9.17, 15) is 18.0 Å². The predicted molar refractivity (Wildman–Crippen MR) is 61.9 cm³/mol. The van der Waals surface area contributed by atoms with Crippen molar-refractivity contribution in [2.45, 2.75) is 18.7 Å². The molecule has 94 valence electrons. The van der Waals surface area contributed by atoms with Crippen molar-refractivity contribution in [1.82, 2.24) is 0 Å². The third kappa shape index (κ3) is 4.80. The maximum atomic E-state index is 12.5. The highest BCUT2D eigenvalue weighted by Gasteiger charge is 2.43. The molecule has 0 fully saturated rings. The Hall–Kier alpha value is -0.990. The molecule has 0 radical (unpaired) electrons. The number of halogens is 4. The van der Waals surface area contributed by atoms with Gasteiger partial charge in [-0.1, -0.05) is 6.07 Å². The molecule has 1 atom stereocenters. The van der Waals surface area contributed by atoms with Crippen LogP contribution in [0.4, 0.5) is 13.2 Å². The number of carbonyl (C=O) groups is 1. The third-order valence-corrected chi connectivity index (χ3v) is 2.47. The summed E-state index contributed by atoms with van der Waals surface area (Å²) in [5.41, 5.74) is 0. The van der Waals surface area contributed by atoms with Crippen molar-refractivity contribution in [3.8, 4) is 5.75 Å². The highest BCUT2D eigenvalue weighted by molar-refractivity contribution is 14.1. The minimum absolute atomic E-state index is 0.000440. The topological polar surface area (TPSA) is 46.5 Å². The molecular weight excluding hydrogens is 352 g/mol. The van der Waals surface area contributed by atoms with Gasteiger partial charge in [0.1, 0.15) is 5.75 Å². The number of aliphatic carboxylic acids is 1. The van der Waals surface area contributed by atoms with Gasteiger partial charge in [-0.05, 0) is 40.8 Å². The van der Waals surface area contributed by atoms with E-state index in [1.165, 1.54) is 18.2 Å². The Balaban J connectivity index is 2.83. The van der Waals surface area contributed by atoms with Crippen molar-refractivity contribution in [2.24, 2.45) is 0 Å². The lowest BCUT2D eigenvalue weighted by Crippen LogP contribution is -2.36. The fraction of sp³-hybridized carbons (Fsp3) is 0.300. The molecule has 0 spiro atoms. The molecule has 0 aromatic heterocycles. The van der Waals surface area contributed by atoms with Crippen molar-refractivity contribution < 1.29 is 27.8 Å². The predicted octanol–water partition coefficient (Wildman–Crippen LogP) is 3.08. The van der Waals surface area contributed by atoms with Crippen molar-refractivity contribution in [3.63, 3.8) is 0 Å². The van der Waals surface area contributed by atoms with Gasteiger partial charge in [-0.3, -0.25) is 4.79 Å². The zero-order chi connectivity index (χ0) is 13.1. The summed E-state index contributed by atoms with van der Waals surface area (Å²) in [5, 5.41) is 8.40. The molecule has 1 N–H and O–H groups in total. The second-order valence-corrected chi connectivity index (χ2v) is 4.45. The number of carboxylic acid groups (broad SMARTS) is 1. The van der Waals surface area contributed by atoms with E-state index < -0.39 is 24.7 Å². The van der Waals surface area contributed by atoms with Crippen LogP contribution in [0.15, 0.2) is 24.3 Å². The average molecular weight is 360 g/mol. The average Bonchev–Trinajstić information content (AvgIpc) is 2.14. The van der Waals surface area contributed by atoms with Crippen LogP contribution < -0.4 is 4.74 Å². The Morgan fingerprint density at radius 3 is 2.59 bits per heavy atom. The molecule has 0 heterocycles. The van der Waals surface area contributed by atoms with E-state index in [4.69, 9.17) is 5.11 Å². The maximum absolute atomic E-state index is 12.5. The van der Waals surface area contributed by atoms with E-state index in [2.05, 4.69) is 4.74 Å². The molecule has 1 aromatic carbocycles. The second-order valence-electron chi connectivity index (χ2n) is 3.20. The van der Waals surface area contributed by atoms with E-state index in [1.807, 2.05) is 22.6 Å². The first-order valence-corrected chi connectivity index (χ1v) is 5.57. The van der Waals surface area contributed by atoms with Gasteiger partial charge in [0.05, 0.1) is 6.42 Å². The standard InChI is InChI=1S/C10H8F3IO3/c11-10(12,13)8(5-9(15)16)17-7-3-1-2-6(14)4-7/h1-4,8H,5H2,(H,15,16). The number of alkyl halides is 3. The molecule has 1 aromatic rings. The zero-order valence-electron chi connectivity index (χ0n) is 8.37. The minimum atomic E-state index is -4.71. The minimum Gasteiger partial charge on any atom is -0.481 e. The van der Waals surface area contributed by atoms with Gasteiger partial charge in [-0.15, -0.1) is 0 Å². The first-order chi connectivity index (χ1) is 7.79. The molecule has 0 aliphatic rings. The van der Waals surface area contributed by atoms with Gasteiger partial charge in [0, 0.05) is 3.57 Å². The number of carboxylic acids is 1. The van der Waals surface area contributed by atoms with E-state index in [1.54, 1.807) is 6.07 Å². The summed E-state index contributed by atoms with van der Waals surface area (Å²) in [6, 6.07) is 5.97. The molecule has 3 nitrogen and oxygen atoms in total. The molecule has 0 bridgehead atoms. The van der Waals surface area contributed by atoms with Crippen LogP contribution in [-0.4, -0.2) is 23.4 Å². The van der Waals surface area contributed by atoms with Crippen LogP contribution in [-0.2, 0) is 4.79 Å². The van der Waals surface area contributed by atoms with Gasteiger partial charge in [-0.2, -0.15) is 13.2 Å². The summed E-state index contributed by atoms with van der Waals surface area (Å²) in [6.07, 6.45) is -8.16. The van der Waals surface area contributed by atoms with Crippen LogP contribution in [0.3, 0.4) is 0 Å². The van der Waals surface area contributed by atoms with Gasteiger partial charge in [-0.25, -0.2) is 0 Å². The number of benzene rings is 1. The number of ether oxygens (including phenoxy) is 1. The molecule has 0 amide bonds. The largest absolute Gasteiger partial charge is 0.481 e. The maximum Gasteiger partial charge on any atom is 0.425 e. The number of rotatable bonds is 4. The molecular formula is C10H8F3IO3. The summed E-state index contributed by atoms with van der Waals surface area (Å²) in [7, 11) is 0. The smallest absolute Gasteiger partial charge is 0.425 e. The first-order valence-electron chi connectivity index (χ1n) is 4.50. The molecule has 0 aliphatic heterocycles. The summed E-state index contributed by atoms with van der Waals surface area (Å²) < 4.78 is 42.8. The van der Waals surface area contributed by atoms with Crippen LogP contribution in [0.1, 0.15) is 6.42 Å². The molecule has 0 saturated carbocycles. The zero-order valence-corrected chi connectivity index (χ0v) is 10.5. The van der Waals surface area contributed by atoms with Crippen molar-refractivity contribution in [3.05, 3.63) is 27.8 Å². The van der Waals surface area contributed by atoms with Crippen molar-refractivity contribution >= 4 is 28.6 Å². The lowest BCUT2D eigenvalue weighted by Gasteiger charge is -2.20. The summed E-state index contributed by atoms with van der Waals surface area (Å²) in [5.74, 6) is -1.56. The van der Waals surface area contributed by atoms with Crippen LogP contribution >= 0.6 is 22.6 Å². The van der Waals surface area contributed by atoms with Gasteiger partial charge in [0.15, 0.2) is 0 Å². The fourth-order valence-corrected chi connectivity index (χ4v) is 1.60. The SMILES string of the molecule is O=C(O)CC(Oc1cccc(I)c1)C(F)(F)F. The number of hydrogen-bond acceptors (Lipinski definition) is 2. The highest BCUT2D eigenvalue weighted by Crippen LogP contribution is 2.28. The van der Waals surface area contributed by atoms with Crippen LogP contribution in [0.25, 0.3) is 0 Å². The Bertz CT molecular complexity index is 406. The van der Waals surface area contributed by atoms with E-state index in [0.717, 1.165) is 0 Å². The van der Waals surface area contributed by atoms with Crippen molar-refractivity contribution in [1.29, 1.82) is 0 Å². The Kier molecular flexibility index (Phi) is 4.61. The normalized spacial score (nSPS) is 13.2. The lowest BCUT2D eigenvalue weighted by molar-refractivity contribution is -0.200. The summed E-state index contributed by atoms with van der Waals surface area (Å²) in [4.78, 5) is 10.3. The lowest BCUT2D eigenvalue weighted by atomic mass is 10.2. The van der Waals surface area contributed by atoms with E-state index in [0.29, 0.717) is 3.57 Å². The Morgan fingerprint density at radius 1 is 1.47 bits per heavy atom. The summed E-state index contributed by atoms with van der Waals surface area (Å²) >= 11 is 1.92. The molecule has 7 heteroatoms. The third-order valence-electron chi connectivity index (χ3n) is 1.80. The Labute approximate surface area is 109 Å². The van der Waals surface area contributed by atoms with Crippen molar-refractivity contribution in [2.75, 3.05) is 0 Å². The first kappa shape index (κ1) is 14.1. The van der Waals surface area contributed by atoms with E-state index >= 15 is 0 Å².